The summed E-state index contributed by atoms with van der Waals surface area (Å²) in [5, 5.41) is 42.0. The first-order valence-corrected chi connectivity index (χ1v) is 29.4. The van der Waals surface area contributed by atoms with Gasteiger partial charge in [0.2, 0.25) is 53.2 Å². The summed E-state index contributed by atoms with van der Waals surface area (Å²) < 4.78 is 0. The molecule has 0 aromatic rings. The van der Waals surface area contributed by atoms with E-state index in [1.165, 1.54) is 48.5 Å². The molecule has 0 spiro atoms. The minimum Gasteiger partial charge on any atom is -0.395 e. The minimum atomic E-state index is -1.67. The number of aliphatic hydroxyl groups is 2. The van der Waals surface area contributed by atoms with Crippen LogP contribution in [0.15, 0.2) is 0 Å². The summed E-state index contributed by atoms with van der Waals surface area (Å²) in [6, 6.07) is -5.96. The third-order valence-corrected chi connectivity index (χ3v) is 15.3. The number of amides is 9. The normalized spacial score (nSPS) is 17.7. The molecule has 1 rings (SSSR count). The molecule has 0 radical (unpaired) electrons. The zero-order chi connectivity index (χ0) is 61.5. The fraction of sp³-hybridized carbons (Fsp3) is 0.828. The van der Waals surface area contributed by atoms with Crippen molar-refractivity contribution >= 4 is 58.9 Å². The number of hydrogen-bond acceptors (Lipinski definition) is 13. The van der Waals surface area contributed by atoms with Crippen molar-refractivity contribution < 1.29 is 58.2 Å². The van der Waals surface area contributed by atoms with Gasteiger partial charge in [-0.25, -0.2) is 0 Å². The lowest BCUT2D eigenvalue weighted by Crippen LogP contribution is -2.66. The van der Waals surface area contributed by atoms with Gasteiger partial charge in [-0.1, -0.05) is 93.9 Å². The van der Waals surface area contributed by atoms with Crippen molar-refractivity contribution in [3.63, 3.8) is 0 Å². The van der Waals surface area contributed by atoms with E-state index in [1.54, 1.807) is 46.6 Å². The molecule has 1 aliphatic heterocycles. The Morgan fingerprint density at radius 2 is 1.19 bits per heavy atom. The van der Waals surface area contributed by atoms with Gasteiger partial charge in [-0.05, 0) is 112 Å². The number of rotatable bonds is 37. The molecule has 11 atom stereocenters. The predicted octanol–water partition coefficient (Wildman–Crippen LogP) is 2.89. The van der Waals surface area contributed by atoms with Crippen LogP contribution in [-0.4, -0.2) is 171 Å². The van der Waals surface area contributed by atoms with Crippen LogP contribution < -0.4 is 42.5 Å². The zero-order valence-corrected chi connectivity index (χ0v) is 51.7. The number of Topliss-reactive ketones (excluding diaryl/α,β-unsaturated/α-hetero) is 1. The third-order valence-electron chi connectivity index (χ3n) is 15.3. The maximum atomic E-state index is 14.2. The number of hydrogen-bond donors (Lipinski definition) is 10. The molecule has 1 saturated heterocycles. The average molecular weight is 1140 g/mol. The highest BCUT2D eigenvalue weighted by molar-refractivity contribution is 6.00. The van der Waals surface area contributed by atoms with E-state index in [0.717, 1.165) is 25.7 Å². The summed E-state index contributed by atoms with van der Waals surface area (Å²) in [4.78, 5) is 141. The van der Waals surface area contributed by atoms with E-state index < -0.39 is 112 Å². The number of nitrogens with zero attached hydrogens (tertiary/aromatic N) is 2. The van der Waals surface area contributed by atoms with Gasteiger partial charge in [0, 0.05) is 44.4 Å². The Labute approximate surface area is 478 Å². The Hall–Kier alpha value is -5.22. The molecular formula is C58H106N10O12. The van der Waals surface area contributed by atoms with Gasteiger partial charge in [-0.2, -0.15) is 0 Å². The lowest BCUT2D eigenvalue weighted by atomic mass is 9.92. The number of likely N-dealkylation sites (N-methyl/N-ethyl adjacent to an activating group) is 1. The molecule has 80 heavy (non-hydrogen) atoms. The van der Waals surface area contributed by atoms with Crippen LogP contribution in [0.2, 0.25) is 0 Å². The lowest BCUT2D eigenvalue weighted by molar-refractivity contribution is -0.142. The zero-order valence-electron chi connectivity index (χ0n) is 51.7. The molecule has 22 heteroatoms. The van der Waals surface area contributed by atoms with Gasteiger partial charge in [-0.15, -0.1) is 0 Å². The van der Waals surface area contributed by atoms with Crippen molar-refractivity contribution in [2.24, 2.45) is 23.7 Å². The first-order chi connectivity index (χ1) is 37.1. The second-order valence-corrected chi connectivity index (χ2v) is 24.4. The molecule has 0 saturated carbocycles. The molecule has 1 heterocycles. The van der Waals surface area contributed by atoms with Gasteiger partial charge in [0.05, 0.1) is 12.7 Å². The Morgan fingerprint density at radius 1 is 0.637 bits per heavy atom. The number of aliphatic hydroxyl groups excluding tert-OH is 2. The Bertz CT molecular complexity index is 2070. The molecule has 460 valence electrons. The number of ketones is 1. The second-order valence-electron chi connectivity index (χ2n) is 24.4. The Morgan fingerprint density at radius 3 is 1.75 bits per heavy atom. The molecule has 1 fully saturated rings. The SMILES string of the molecule is CCCCCC[C@H](C)C(=O)N1CCC[C@@H]1C(=O)N[C@H](C[C@H](C)C[C@H](O)CC(=O)CC)C(=O)N[C@H](C)C(=O)NC(C)(C)C(=O)N[C@@H](C(=O)N[C@H](C(=O)NC(C)(C)C(=O)NC(C)(C)C(=O)N[C@H](C)CN(C)CCO)[C@H](C)CC)[C@@H](C)CC. The number of nitrogens with one attached hydrogen (secondary N) is 8. The number of carbonyl (C=O) groups is 10. The summed E-state index contributed by atoms with van der Waals surface area (Å²) in [6.45, 7) is 27.9. The summed E-state index contributed by atoms with van der Waals surface area (Å²) >= 11 is 0. The van der Waals surface area contributed by atoms with E-state index >= 15 is 0 Å². The summed E-state index contributed by atoms with van der Waals surface area (Å²) in [5.74, 6) is -7.10. The standard InChI is InChI=1S/C58H106N10O12/c1-18-22-23-24-26-38(8)52(77)68-28-25-27-44(68)49(74)61-43(32-35(5)31-42(71)33-41(70)21-4)48(73)60-40(10)47(72)64-56(11,12)54(79)63-45(36(6)19-2)50(75)62-46(37(7)20-3)51(76)65-58(15,16)55(80)66-57(13,14)53(78)59-39(9)34-67(17)29-30-69/h35-40,42-46,69,71H,18-34H2,1-17H3,(H,59,78)(H,60,73)(H,61,74)(H,62,75)(H,63,79)(H,64,72)(H,65,76)(H,66,80)/t35-,36+,37-,38+,39-,40-,42+,43-,44-,45-,46+/m1/s1. The molecule has 0 bridgehead atoms. The van der Waals surface area contributed by atoms with Gasteiger partial charge >= 0.3 is 0 Å². The molecular weight excluding hydrogens is 1030 g/mol. The smallest absolute Gasteiger partial charge is 0.246 e. The van der Waals surface area contributed by atoms with Gasteiger partial charge in [0.15, 0.2) is 0 Å². The number of unbranched alkanes of at least 4 members (excludes halogenated alkanes) is 3. The Balaban J connectivity index is 3.27. The van der Waals surface area contributed by atoms with Crippen molar-refractivity contribution in [1.29, 1.82) is 0 Å². The molecule has 22 nitrogen and oxygen atoms in total. The highest BCUT2D eigenvalue weighted by Crippen LogP contribution is 2.24. The highest BCUT2D eigenvalue weighted by Gasteiger charge is 2.42. The van der Waals surface area contributed by atoms with E-state index in [2.05, 4.69) is 49.5 Å². The first-order valence-electron chi connectivity index (χ1n) is 29.4. The quantitative estimate of drug-likeness (QED) is 0.0401. The van der Waals surface area contributed by atoms with E-state index in [-0.39, 0.29) is 61.9 Å². The maximum Gasteiger partial charge on any atom is 0.246 e. The molecule has 0 aromatic heterocycles. The summed E-state index contributed by atoms with van der Waals surface area (Å²) in [5.41, 5.74) is -4.64. The summed E-state index contributed by atoms with van der Waals surface area (Å²) in [7, 11) is 1.80. The van der Waals surface area contributed by atoms with Crippen molar-refractivity contribution in [2.45, 2.75) is 253 Å². The van der Waals surface area contributed by atoms with Gasteiger partial charge < -0.3 is 62.5 Å². The molecule has 0 aromatic carbocycles. The fourth-order valence-corrected chi connectivity index (χ4v) is 9.48. The van der Waals surface area contributed by atoms with Gasteiger partial charge in [0.1, 0.15) is 52.6 Å². The molecule has 1 aliphatic rings. The number of likely N-dealkylation sites (tertiary alicyclic amines) is 1. The van der Waals surface area contributed by atoms with E-state index in [4.69, 9.17) is 0 Å². The van der Waals surface area contributed by atoms with Gasteiger partial charge in [0.25, 0.3) is 0 Å². The van der Waals surface area contributed by atoms with E-state index in [1.807, 2.05) is 25.7 Å². The van der Waals surface area contributed by atoms with Crippen LogP contribution in [0.1, 0.15) is 194 Å². The number of carbonyl (C=O) groups excluding carboxylic acids is 10. The van der Waals surface area contributed by atoms with Crippen LogP contribution >= 0.6 is 0 Å². The Kier molecular flexibility index (Phi) is 31.2. The van der Waals surface area contributed by atoms with Crippen molar-refractivity contribution in [2.75, 3.05) is 33.3 Å². The molecule has 9 amide bonds. The summed E-state index contributed by atoms with van der Waals surface area (Å²) in [6.07, 6.45) is 6.01. The molecule has 0 aliphatic carbocycles. The van der Waals surface area contributed by atoms with Crippen molar-refractivity contribution in [1.82, 2.24) is 52.3 Å². The monoisotopic (exact) mass is 1130 g/mol. The largest absolute Gasteiger partial charge is 0.395 e. The van der Waals surface area contributed by atoms with Crippen LogP contribution in [0.25, 0.3) is 0 Å². The van der Waals surface area contributed by atoms with E-state index in [9.17, 15) is 58.2 Å². The van der Waals surface area contributed by atoms with Crippen LogP contribution in [-0.2, 0) is 47.9 Å². The van der Waals surface area contributed by atoms with Crippen LogP contribution in [0.3, 0.4) is 0 Å². The highest BCUT2D eigenvalue weighted by atomic mass is 16.3. The van der Waals surface area contributed by atoms with Crippen molar-refractivity contribution in [3.05, 3.63) is 0 Å². The predicted molar refractivity (Wildman–Crippen MR) is 308 cm³/mol. The van der Waals surface area contributed by atoms with Crippen LogP contribution in [0, 0.1) is 23.7 Å². The second kappa shape index (κ2) is 34.3. The van der Waals surface area contributed by atoms with E-state index in [0.29, 0.717) is 51.7 Å². The van der Waals surface area contributed by atoms with Gasteiger partial charge in [-0.3, -0.25) is 47.9 Å². The van der Waals surface area contributed by atoms with Crippen LogP contribution in [0.5, 0.6) is 0 Å². The molecule has 0 unspecified atom stereocenters. The van der Waals surface area contributed by atoms with Crippen molar-refractivity contribution in [3.8, 4) is 0 Å². The third kappa shape index (κ3) is 24.1. The first kappa shape index (κ1) is 72.8. The fourth-order valence-electron chi connectivity index (χ4n) is 9.48. The maximum absolute atomic E-state index is 14.2. The average Bonchev–Trinajstić information content (AvgIpc) is 3.87. The molecule has 10 N–H and O–H groups in total. The topological polar surface area (TPSA) is 314 Å². The van der Waals surface area contributed by atoms with Crippen LogP contribution in [0.4, 0.5) is 0 Å². The minimum absolute atomic E-state index is 0.0297. The lowest BCUT2D eigenvalue weighted by Gasteiger charge is -2.35.